The summed E-state index contributed by atoms with van der Waals surface area (Å²) in [4.78, 5) is 21.9. The van der Waals surface area contributed by atoms with Crippen molar-refractivity contribution in [3.63, 3.8) is 0 Å². The zero-order chi connectivity index (χ0) is 16.7. The summed E-state index contributed by atoms with van der Waals surface area (Å²) in [7, 11) is 1.63. The Morgan fingerprint density at radius 3 is 2.88 bits per heavy atom. The molecule has 1 aromatic carbocycles. The molecule has 1 aliphatic carbocycles. The van der Waals surface area contributed by atoms with Gasteiger partial charge in [0.25, 0.3) is 5.56 Å². The molecule has 0 unspecified atom stereocenters. The monoisotopic (exact) mass is 358 g/mol. The van der Waals surface area contributed by atoms with Crippen LogP contribution in [-0.2, 0) is 12.8 Å². The largest absolute Gasteiger partial charge is 0.497 e. The average molecular weight is 359 g/mol. The third kappa shape index (κ3) is 2.64. The van der Waals surface area contributed by atoms with E-state index in [0.717, 1.165) is 40.8 Å². The number of benzene rings is 1. The molecule has 1 N–H and O–H groups in total. The first kappa shape index (κ1) is 15.4. The molecular weight excluding hydrogens is 344 g/mol. The highest BCUT2D eigenvalue weighted by atomic mass is 35.5. The second-order valence-corrected chi connectivity index (χ2v) is 7.21. The second kappa shape index (κ2) is 6.07. The summed E-state index contributed by atoms with van der Waals surface area (Å²) >= 11 is 7.99. The number of thiophene rings is 1. The van der Waals surface area contributed by atoms with Crippen LogP contribution in [0.3, 0.4) is 0 Å². The number of hydrogen-bond acceptors (Lipinski definition) is 4. The van der Waals surface area contributed by atoms with Gasteiger partial charge in [-0.1, -0.05) is 23.7 Å². The molecule has 0 fully saturated rings. The van der Waals surface area contributed by atoms with Gasteiger partial charge < -0.3 is 9.72 Å². The van der Waals surface area contributed by atoms with Gasteiger partial charge in [0.05, 0.1) is 17.5 Å². The fraction of sp³-hybridized carbons (Fsp3) is 0.222. The number of halogens is 1. The van der Waals surface area contributed by atoms with E-state index in [9.17, 15) is 4.79 Å². The predicted octanol–water partition coefficient (Wildman–Crippen LogP) is 4.22. The molecule has 24 heavy (non-hydrogen) atoms. The van der Waals surface area contributed by atoms with E-state index in [2.05, 4.69) is 9.97 Å². The Hall–Kier alpha value is -2.11. The van der Waals surface area contributed by atoms with Crippen molar-refractivity contribution in [1.82, 2.24) is 9.97 Å². The van der Waals surface area contributed by atoms with Crippen LogP contribution in [0.5, 0.6) is 5.75 Å². The summed E-state index contributed by atoms with van der Waals surface area (Å²) in [6.07, 6.45) is 4.91. The van der Waals surface area contributed by atoms with Crippen LogP contribution in [0, 0.1) is 0 Å². The van der Waals surface area contributed by atoms with Crippen molar-refractivity contribution in [3.05, 3.63) is 56.4 Å². The zero-order valence-corrected chi connectivity index (χ0v) is 14.6. The minimum absolute atomic E-state index is 0.101. The number of hydrogen-bond donors (Lipinski definition) is 1. The van der Waals surface area contributed by atoms with Gasteiger partial charge in [0.1, 0.15) is 10.6 Å². The highest BCUT2D eigenvalue weighted by Crippen LogP contribution is 2.35. The van der Waals surface area contributed by atoms with E-state index < -0.39 is 0 Å². The standard InChI is InChI=1S/C18H15ClN2O2S/c1-23-11-7-5-10(6-8-11)9-13(19)16-20-17(22)15-12-3-2-4-14(12)24-18(15)21-16/h5-9H,2-4H2,1H3,(H,20,21,22)/b13-9-. The highest BCUT2D eigenvalue weighted by molar-refractivity contribution is 7.18. The maximum Gasteiger partial charge on any atom is 0.260 e. The molecule has 2 aromatic heterocycles. The first-order valence-electron chi connectivity index (χ1n) is 7.72. The van der Waals surface area contributed by atoms with Gasteiger partial charge >= 0.3 is 0 Å². The van der Waals surface area contributed by atoms with Crippen molar-refractivity contribution in [3.8, 4) is 5.75 Å². The Kier molecular flexibility index (Phi) is 3.90. The van der Waals surface area contributed by atoms with Crippen LogP contribution >= 0.6 is 22.9 Å². The molecule has 122 valence electrons. The van der Waals surface area contributed by atoms with Gasteiger partial charge in [0.15, 0.2) is 5.82 Å². The molecule has 4 nitrogen and oxygen atoms in total. The summed E-state index contributed by atoms with van der Waals surface area (Å²) < 4.78 is 5.14. The zero-order valence-electron chi connectivity index (χ0n) is 13.1. The van der Waals surface area contributed by atoms with Gasteiger partial charge in [0.2, 0.25) is 0 Å². The molecule has 0 bridgehead atoms. The first-order chi connectivity index (χ1) is 11.7. The Morgan fingerprint density at radius 1 is 1.33 bits per heavy atom. The molecule has 3 aromatic rings. The molecule has 0 atom stereocenters. The van der Waals surface area contributed by atoms with E-state index in [0.29, 0.717) is 10.9 Å². The Bertz CT molecular complexity index is 1000. The molecule has 2 heterocycles. The van der Waals surface area contributed by atoms with Crippen molar-refractivity contribution in [2.24, 2.45) is 0 Å². The third-order valence-corrected chi connectivity index (χ3v) is 5.68. The van der Waals surface area contributed by atoms with Crippen molar-refractivity contribution in [2.45, 2.75) is 19.3 Å². The van der Waals surface area contributed by atoms with Crippen molar-refractivity contribution >= 4 is 44.3 Å². The molecule has 0 amide bonds. The molecule has 1 aliphatic rings. The summed E-state index contributed by atoms with van der Waals surface area (Å²) in [5.41, 5.74) is 1.98. The summed E-state index contributed by atoms with van der Waals surface area (Å²) in [5.74, 6) is 1.19. The summed E-state index contributed by atoms with van der Waals surface area (Å²) in [6, 6.07) is 7.52. The number of methoxy groups -OCH3 is 1. The first-order valence-corrected chi connectivity index (χ1v) is 8.91. The summed E-state index contributed by atoms with van der Waals surface area (Å²) in [6.45, 7) is 0. The van der Waals surface area contributed by atoms with Gasteiger partial charge in [0, 0.05) is 4.88 Å². The third-order valence-electron chi connectivity index (χ3n) is 4.21. The van der Waals surface area contributed by atoms with Crippen LogP contribution in [0.4, 0.5) is 0 Å². The molecule has 4 rings (SSSR count). The number of nitrogens with one attached hydrogen (secondary N) is 1. The number of aromatic nitrogens is 2. The number of ether oxygens (including phenoxy) is 1. The second-order valence-electron chi connectivity index (χ2n) is 5.72. The van der Waals surface area contributed by atoms with Crippen molar-refractivity contribution in [2.75, 3.05) is 7.11 Å². The number of nitrogens with zero attached hydrogens (tertiary/aromatic N) is 1. The fourth-order valence-electron chi connectivity index (χ4n) is 3.03. The smallest absolute Gasteiger partial charge is 0.260 e. The van der Waals surface area contributed by atoms with Crippen LogP contribution in [0.25, 0.3) is 21.3 Å². The average Bonchev–Trinajstić information content (AvgIpc) is 3.15. The van der Waals surface area contributed by atoms with Crippen LogP contribution < -0.4 is 10.3 Å². The van der Waals surface area contributed by atoms with Crippen molar-refractivity contribution < 1.29 is 4.74 Å². The van der Waals surface area contributed by atoms with Crippen molar-refractivity contribution in [1.29, 1.82) is 0 Å². The lowest BCUT2D eigenvalue weighted by molar-refractivity contribution is 0.415. The Labute approximate surface area is 147 Å². The SMILES string of the molecule is COc1ccc(/C=C(\Cl)c2nc3sc4c(c3c(=O)[nH]2)CCC4)cc1. The maximum absolute atomic E-state index is 12.5. The van der Waals surface area contributed by atoms with E-state index in [1.54, 1.807) is 24.5 Å². The molecule has 0 saturated heterocycles. The number of aryl methyl sites for hydroxylation is 2. The Balaban J connectivity index is 1.75. The fourth-order valence-corrected chi connectivity index (χ4v) is 4.51. The number of fused-ring (bicyclic) bond motifs is 3. The van der Waals surface area contributed by atoms with Crippen LogP contribution in [-0.4, -0.2) is 17.1 Å². The Morgan fingerprint density at radius 2 is 2.12 bits per heavy atom. The molecule has 0 aliphatic heterocycles. The van der Waals surface area contributed by atoms with E-state index in [-0.39, 0.29) is 5.56 Å². The lowest BCUT2D eigenvalue weighted by atomic mass is 10.2. The van der Waals surface area contributed by atoms with Gasteiger partial charge in [-0.2, -0.15) is 0 Å². The van der Waals surface area contributed by atoms with Gasteiger partial charge in [-0.15, -0.1) is 11.3 Å². The van der Waals surface area contributed by atoms with Gasteiger partial charge in [-0.05, 0) is 48.6 Å². The van der Waals surface area contributed by atoms with E-state index in [4.69, 9.17) is 16.3 Å². The molecule has 6 heteroatoms. The van der Waals surface area contributed by atoms with Gasteiger partial charge in [-0.3, -0.25) is 4.79 Å². The normalized spacial score (nSPS) is 14.2. The minimum Gasteiger partial charge on any atom is -0.497 e. The lowest BCUT2D eigenvalue weighted by Crippen LogP contribution is -2.10. The van der Waals surface area contributed by atoms with Crippen LogP contribution in [0.15, 0.2) is 29.1 Å². The number of aromatic amines is 1. The minimum atomic E-state index is -0.101. The molecule has 0 saturated carbocycles. The molecule has 0 spiro atoms. The number of rotatable bonds is 3. The highest BCUT2D eigenvalue weighted by Gasteiger charge is 2.21. The quantitative estimate of drug-likeness (QED) is 0.762. The van der Waals surface area contributed by atoms with E-state index in [1.165, 1.54) is 10.4 Å². The van der Waals surface area contributed by atoms with E-state index >= 15 is 0 Å². The number of H-pyrrole nitrogens is 1. The topological polar surface area (TPSA) is 55.0 Å². The van der Waals surface area contributed by atoms with E-state index in [1.807, 2.05) is 24.3 Å². The molecular formula is C18H15ClN2O2S. The lowest BCUT2D eigenvalue weighted by Gasteiger charge is -2.02. The van der Waals surface area contributed by atoms with Crippen LogP contribution in [0.1, 0.15) is 28.2 Å². The van der Waals surface area contributed by atoms with Gasteiger partial charge in [-0.25, -0.2) is 4.98 Å². The van der Waals surface area contributed by atoms with Crippen LogP contribution in [0.2, 0.25) is 0 Å². The predicted molar refractivity (Wildman–Crippen MR) is 99.0 cm³/mol. The maximum atomic E-state index is 12.5. The molecule has 0 radical (unpaired) electrons. The summed E-state index contributed by atoms with van der Waals surface area (Å²) in [5, 5.41) is 1.15.